The monoisotopic (exact) mass is 444 g/mol. The zero-order valence-corrected chi connectivity index (χ0v) is 17.7. The minimum atomic E-state index is -0.380. The van der Waals surface area contributed by atoms with Crippen molar-refractivity contribution in [1.29, 1.82) is 0 Å². The molecular formula is C19H19Cl3N2O2S. The number of rotatable bonds is 7. The van der Waals surface area contributed by atoms with Crippen molar-refractivity contribution in [2.45, 2.75) is 26.2 Å². The van der Waals surface area contributed by atoms with Crippen LogP contribution >= 0.6 is 47.0 Å². The molecule has 0 atom stereocenters. The zero-order valence-electron chi connectivity index (χ0n) is 14.7. The van der Waals surface area contributed by atoms with Crippen LogP contribution in [-0.4, -0.2) is 17.6 Å². The number of thiocarbonyl (C=S) groups is 1. The highest BCUT2D eigenvalue weighted by atomic mass is 35.5. The third-order valence-corrected chi connectivity index (χ3v) is 4.86. The lowest BCUT2D eigenvalue weighted by atomic mass is 10.2. The zero-order chi connectivity index (χ0) is 19.8. The lowest BCUT2D eigenvalue weighted by molar-refractivity contribution is 0.0973. The molecule has 0 aliphatic carbocycles. The highest BCUT2D eigenvalue weighted by molar-refractivity contribution is 7.80. The molecule has 0 saturated heterocycles. The molecule has 4 nitrogen and oxygen atoms in total. The summed E-state index contributed by atoms with van der Waals surface area (Å²) in [7, 11) is 0. The van der Waals surface area contributed by atoms with Gasteiger partial charge in [-0.05, 0) is 42.9 Å². The van der Waals surface area contributed by atoms with Gasteiger partial charge < -0.3 is 10.1 Å². The number of amides is 1. The Labute approximate surface area is 179 Å². The number of halogens is 3. The molecule has 0 spiro atoms. The quantitative estimate of drug-likeness (QED) is 0.296. The largest absolute Gasteiger partial charge is 0.493 e. The van der Waals surface area contributed by atoms with Crippen molar-refractivity contribution in [1.82, 2.24) is 5.32 Å². The van der Waals surface area contributed by atoms with Gasteiger partial charge >= 0.3 is 0 Å². The SMILES string of the molecule is CCCCCOc1ccccc1C(=O)NC(=S)Nc1cc(Cl)c(Cl)cc1Cl. The molecule has 0 fully saturated rings. The lowest BCUT2D eigenvalue weighted by Crippen LogP contribution is -2.34. The predicted molar refractivity (Wildman–Crippen MR) is 117 cm³/mol. The number of anilines is 1. The van der Waals surface area contributed by atoms with E-state index in [4.69, 9.17) is 51.8 Å². The average Bonchev–Trinajstić information content (AvgIpc) is 2.63. The third-order valence-electron chi connectivity index (χ3n) is 3.62. The van der Waals surface area contributed by atoms with E-state index >= 15 is 0 Å². The number of hydrogen-bond donors (Lipinski definition) is 2. The summed E-state index contributed by atoms with van der Waals surface area (Å²) in [5, 5.41) is 6.53. The van der Waals surface area contributed by atoms with Crippen molar-refractivity contribution in [2.75, 3.05) is 11.9 Å². The van der Waals surface area contributed by atoms with E-state index in [0.29, 0.717) is 38.7 Å². The van der Waals surface area contributed by atoms with Crippen LogP contribution in [0.2, 0.25) is 15.1 Å². The first-order valence-corrected chi connectivity index (χ1v) is 9.95. The van der Waals surface area contributed by atoms with Gasteiger partial charge in [0.05, 0.1) is 32.9 Å². The molecule has 0 aliphatic rings. The fraction of sp³-hybridized carbons (Fsp3) is 0.263. The number of carbonyl (C=O) groups is 1. The van der Waals surface area contributed by atoms with Crippen LogP contribution in [0.3, 0.4) is 0 Å². The maximum atomic E-state index is 12.6. The number of para-hydroxylation sites is 1. The summed E-state index contributed by atoms with van der Waals surface area (Å²) in [6, 6.07) is 10.1. The molecule has 2 aromatic carbocycles. The van der Waals surface area contributed by atoms with E-state index in [1.54, 1.807) is 18.2 Å². The van der Waals surface area contributed by atoms with Crippen molar-refractivity contribution >= 4 is 63.7 Å². The van der Waals surface area contributed by atoms with E-state index in [-0.39, 0.29) is 11.0 Å². The number of ether oxygens (including phenoxy) is 1. The standard InChI is InChI=1S/C19H19Cl3N2O2S/c1-2-3-6-9-26-17-8-5-4-7-12(17)18(25)24-19(27)23-16-11-14(21)13(20)10-15(16)22/h4-5,7-8,10-11H,2-3,6,9H2,1H3,(H2,23,24,25,27). The Morgan fingerprint density at radius 1 is 1.07 bits per heavy atom. The molecule has 144 valence electrons. The molecular weight excluding hydrogens is 427 g/mol. The normalized spacial score (nSPS) is 10.4. The molecule has 0 bridgehead atoms. The van der Waals surface area contributed by atoms with E-state index in [9.17, 15) is 4.79 Å². The highest BCUT2D eigenvalue weighted by Gasteiger charge is 2.14. The van der Waals surface area contributed by atoms with Crippen LogP contribution in [0.15, 0.2) is 36.4 Å². The molecule has 0 aliphatic heterocycles. The smallest absolute Gasteiger partial charge is 0.261 e. The molecule has 27 heavy (non-hydrogen) atoms. The number of benzene rings is 2. The van der Waals surface area contributed by atoms with E-state index < -0.39 is 0 Å². The first-order valence-electron chi connectivity index (χ1n) is 8.41. The lowest BCUT2D eigenvalue weighted by Gasteiger charge is -2.14. The van der Waals surface area contributed by atoms with Gasteiger partial charge in [0, 0.05) is 0 Å². The van der Waals surface area contributed by atoms with Gasteiger partial charge in [0.25, 0.3) is 5.91 Å². The first kappa shape index (κ1) is 21.8. The molecule has 2 rings (SSSR count). The molecule has 0 heterocycles. The molecule has 2 aromatic rings. The van der Waals surface area contributed by atoms with Crippen LogP contribution in [0.4, 0.5) is 5.69 Å². The minimum absolute atomic E-state index is 0.0843. The fourth-order valence-corrected chi connectivity index (χ4v) is 3.05. The van der Waals surface area contributed by atoms with Gasteiger partial charge in [-0.25, -0.2) is 0 Å². The van der Waals surface area contributed by atoms with Crippen molar-refractivity contribution in [3.8, 4) is 5.75 Å². The van der Waals surface area contributed by atoms with Gasteiger partial charge in [-0.3, -0.25) is 10.1 Å². The summed E-state index contributed by atoms with van der Waals surface area (Å²) >= 11 is 23.2. The minimum Gasteiger partial charge on any atom is -0.493 e. The highest BCUT2D eigenvalue weighted by Crippen LogP contribution is 2.32. The van der Waals surface area contributed by atoms with E-state index in [2.05, 4.69) is 17.6 Å². The summed E-state index contributed by atoms with van der Waals surface area (Å²) in [4.78, 5) is 12.6. The Morgan fingerprint density at radius 3 is 2.52 bits per heavy atom. The van der Waals surface area contributed by atoms with Crippen molar-refractivity contribution in [3.63, 3.8) is 0 Å². The molecule has 2 N–H and O–H groups in total. The van der Waals surface area contributed by atoms with Gasteiger partial charge in [-0.15, -0.1) is 0 Å². The van der Waals surface area contributed by atoms with Crippen LogP contribution < -0.4 is 15.4 Å². The second-order valence-electron chi connectivity index (χ2n) is 5.71. The first-order chi connectivity index (χ1) is 12.9. The van der Waals surface area contributed by atoms with E-state index in [1.165, 1.54) is 12.1 Å². The van der Waals surface area contributed by atoms with Gasteiger partial charge in [0.15, 0.2) is 5.11 Å². The maximum absolute atomic E-state index is 12.6. The summed E-state index contributed by atoms with van der Waals surface area (Å²) in [6.45, 7) is 2.68. The second kappa shape index (κ2) is 10.7. The van der Waals surface area contributed by atoms with Gasteiger partial charge in [-0.2, -0.15) is 0 Å². The Hall–Kier alpha value is -1.53. The third kappa shape index (κ3) is 6.54. The number of nitrogens with one attached hydrogen (secondary N) is 2. The Morgan fingerprint density at radius 2 is 1.78 bits per heavy atom. The maximum Gasteiger partial charge on any atom is 0.261 e. The van der Waals surface area contributed by atoms with Crippen molar-refractivity contribution in [2.24, 2.45) is 0 Å². The van der Waals surface area contributed by atoms with Crippen molar-refractivity contribution < 1.29 is 9.53 Å². The average molecular weight is 446 g/mol. The fourth-order valence-electron chi connectivity index (χ4n) is 2.26. The van der Waals surface area contributed by atoms with Crippen LogP contribution in [0.1, 0.15) is 36.5 Å². The molecule has 0 radical (unpaired) electrons. The molecule has 8 heteroatoms. The summed E-state index contributed by atoms with van der Waals surface area (Å²) in [5.41, 5.74) is 0.846. The predicted octanol–water partition coefficient (Wildman–Crippen LogP) is 6.34. The van der Waals surface area contributed by atoms with Gasteiger partial charge in [0.2, 0.25) is 0 Å². The molecule has 0 unspecified atom stereocenters. The summed E-state index contributed by atoms with van der Waals surface area (Å²) in [6.07, 6.45) is 3.11. The van der Waals surface area contributed by atoms with E-state index in [1.807, 2.05) is 6.07 Å². The Balaban J connectivity index is 2.02. The summed E-state index contributed by atoms with van der Waals surface area (Å²) < 4.78 is 5.73. The number of hydrogen-bond acceptors (Lipinski definition) is 3. The number of unbranched alkanes of at least 4 members (excludes halogenated alkanes) is 2. The van der Waals surface area contributed by atoms with Crippen LogP contribution in [0.5, 0.6) is 5.75 Å². The van der Waals surface area contributed by atoms with E-state index in [0.717, 1.165) is 19.3 Å². The second-order valence-corrected chi connectivity index (χ2v) is 7.34. The van der Waals surface area contributed by atoms with Crippen LogP contribution in [-0.2, 0) is 0 Å². The topological polar surface area (TPSA) is 50.4 Å². The number of carbonyl (C=O) groups excluding carboxylic acids is 1. The van der Waals surface area contributed by atoms with Gasteiger partial charge in [-0.1, -0.05) is 66.7 Å². The Bertz CT molecular complexity index is 831. The van der Waals surface area contributed by atoms with Crippen LogP contribution in [0.25, 0.3) is 0 Å². The summed E-state index contributed by atoms with van der Waals surface area (Å²) in [5.74, 6) is 0.135. The Kier molecular flexibility index (Phi) is 8.64. The van der Waals surface area contributed by atoms with Gasteiger partial charge in [0.1, 0.15) is 5.75 Å². The van der Waals surface area contributed by atoms with Crippen LogP contribution in [0, 0.1) is 0 Å². The molecule has 0 aromatic heterocycles. The molecule has 0 saturated carbocycles. The van der Waals surface area contributed by atoms with Crippen molar-refractivity contribution in [3.05, 3.63) is 57.0 Å². The molecule has 1 amide bonds.